The van der Waals surface area contributed by atoms with Crippen LogP contribution in [0.15, 0.2) is 54.6 Å². The third kappa shape index (κ3) is 5.90. The van der Waals surface area contributed by atoms with Gasteiger partial charge in [0, 0.05) is 20.6 Å². The number of rotatable bonds is 6. The molecular formula is C21H23N3O5. The van der Waals surface area contributed by atoms with E-state index in [1.807, 2.05) is 35.6 Å². The number of esters is 1. The zero-order chi connectivity index (χ0) is 21.4. The Hall–Kier alpha value is -3.68. The lowest BCUT2D eigenvalue weighted by atomic mass is 10.1. The molecule has 0 aliphatic heterocycles. The average Bonchev–Trinajstić information content (AvgIpc) is 2.73. The van der Waals surface area contributed by atoms with E-state index in [0.717, 1.165) is 5.56 Å². The molecule has 0 radical (unpaired) electrons. The van der Waals surface area contributed by atoms with Gasteiger partial charge in [-0.15, -0.1) is 0 Å². The molecule has 1 unspecified atom stereocenters. The molecule has 2 aromatic rings. The number of carbonyl (C=O) groups is 4. The Balaban J connectivity index is 2.12. The second-order valence-corrected chi connectivity index (χ2v) is 6.31. The van der Waals surface area contributed by atoms with Gasteiger partial charge in [-0.1, -0.05) is 42.5 Å². The van der Waals surface area contributed by atoms with Gasteiger partial charge < -0.3 is 15.0 Å². The first kappa shape index (κ1) is 21.6. The van der Waals surface area contributed by atoms with Gasteiger partial charge in [0.2, 0.25) is 0 Å². The quantitative estimate of drug-likeness (QED) is 0.725. The zero-order valence-electron chi connectivity index (χ0n) is 16.5. The molecule has 4 amide bonds. The SMILES string of the molecule is CNC(=O)NC(=O)C(C)OC(=O)c1ccccc1C(=O)N(C)Cc1ccccc1. The standard InChI is InChI=1S/C21H23N3O5/c1-14(18(25)23-21(28)22-2)29-20(27)17-12-8-7-11-16(17)19(26)24(3)13-15-9-5-4-6-10-15/h4-12,14H,13H2,1-3H3,(H2,22,23,25,28). The van der Waals surface area contributed by atoms with E-state index < -0.39 is 24.0 Å². The molecule has 0 heterocycles. The van der Waals surface area contributed by atoms with Crippen molar-refractivity contribution in [2.45, 2.75) is 19.6 Å². The first-order valence-electron chi connectivity index (χ1n) is 8.95. The van der Waals surface area contributed by atoms with Gasteiger partial charge in [0.15, 0.2) is 6.10 Å². The van der Waals surface area contributed by atoms with Crippen molar-refractivity contribution in [2.75, 3.05) is 14.1 Å². The monoisotopic (exact) mass is 397 g/mol. The minimum absolute atomic E-state index is 0.0389. The van der Waals surface area contributed by atoms with Crippen LogP contribution in [-0.2, 0) is 16.1 Å². The van der Waals surface area contributed by atoms with E-state index in [9.17, 15) is 19.2 Å². The molecule has 0 aromatic heterocycles. The summed E-state index contributed by atoms with van der Waals surface area (Å²) in [7, 11) is 2.99. The molecule has 0 saturated heterocycles. The minimum Gasteiger partial charge on any atom is -0.449 e. The fourth-order valence-electron chi connectivity index (χ4n) is 2.54. The Morgan fingerprint density at radius 3 is 2.17 bits per heavy atom. The number of urea groups is 1. The van der Waals surface area contributed by atoms with Crippen molar-refractivity contribution in [1.82, 2.24) is 15.5 Å². The summed E-state index contributed by atoms with van der Waals surface area (Å²) in [6, 6.07) is 14.9. The van der Waals surface area contributed by atoms with Crippen LogP contribution in [0, 0.1) is 0 Å². The molecule has 0 fully saturated rings. The first-order valence-corrected chi connectivity index (χ1v) is 8.95. The van der Waals surface area contributed by atoms with Crippen LogP contribution < -0.4 is 10.6 Å². The summed E-state index contributed by atoms with van der Waals surface area (Å²) in [5, 5.41) is 4.26. The van der Waals surface area contributed by atoms with Crippen molar-refractivity contribution >= 4 is 23.8 Å². The molecule has 2 aromatic carbocycles. The lowest BCUT2D eigenvalue weighted by molar-refractivity contribution is -0.127. The minimum atomic E-state index is -1.22. The summed E-state index contributed by atoms with van der Waals surface area (Å²) in [5.41, 5.74) is 1.15. The molecule has 1 atom stereocenters. The third-order valence-electron chi connectivity index (χ3n) is 4.10. The van der Waals surface area contributed by atoms with Crippen LogP contribution in [0.1, 0.15) is 33.2 Å². The highest BCUT2D eigenvalue weighted by Crippen LogP contribution is 2.15. The van der Waals surface area contributed by atoms with Crippen molar-refractivity contribution in [1.29, 1.82) is 0 Å². The van der Waals surface area contributed by atoms with E-state index >= 15 is 0 Å². The number of ether oxygens (including phenoxy) is 1. The summed E-state index contributed by atoms with van der Waals surface area (Å²) in [6.45, 7) is 1.70. The molecule has 8 nitrogen and oxygen atoms in total. The predicted octanol–water partition coefficient (Wildman–Crippen LogP) is 1.96. The lowest BCUT2D eigenvalue weighted by Gasteiger charge is -2.19. The highest BCUT2D eigenvalue weighted by atomic mass is 16.5. The highest BCUT2D eigenvalue weighted by Gasteiger charge is 2.25. The van der Waals surface area contributed by atoms with Crippen molar-refractivity contribution in [2.24, 2.45) is 0 Å². The van der Waals surface area contributed by atoms with Gasteiger partial charge >= 0.3 is 12.0 Å². The second kappa shape index (κ2) is 10.0. The summed E-state index contributed by atoms with van der Waals surface area (Å²) in [4.78, 5) is 50.0. The van der Waals surface area contributed by atoms with Gasteiger partial charge in [0.1, 0.15) is 0 Å². The molecule has 0 spiro atoms. The van der Waals surface area contributed by atoms with Crippen LogP contribution in [-0.4, -0.2) is 48.9 Å². The zero-order valence-corrected chi connectivity index (χ0v) is 16.5. The van der Waals surface area contributed by atoms with E-state index in [1.54, 1.807) is 19.2 Å². The van der Waals surface area contributed by atoms with Gasteiger partial charge in [-0.2, -0.15) is 0 Å². The fourth-order valence-corrected chi connectivity index (χ4v) is 2.54. The molecule has 0 saturated carbocycles. The highest BCUT2D eigenvalue weighted by molar-refractivity contribution is 6.06. The average molecular weight is 397 g/mol. The molecule has 0 aliphatic rings. The second-order valence-electron chi connectivity index (χ2n) is 6.31. The van der Waals surface area contributed by atoms with Crippen molar-refractivity contribution in [3.8, 4) is 0 Å². The largest absolute Gasteiger partial charge is 0.449 e. The van der Waals surface area contributed by atoms with E-state index in [1.165, 1.54) is 31.0 Å². The number of nitrogens with zero attached hydrogens (tertiary/aromatic N) is 1. The van der Waals surface area contributed by atoms with Crippen LogP contribution in [0.25, 0.3) is 0 Å². The Morgan fingerprint density at radius 2 is 1.55 bits per heavy atom. The summed E-state index contributed by atoms with van der Waals surface area (Å²) in [5.74, 6) is -1.96. The number of amides is 4. The Kier molecular flexibility index (Phi) is 7.47. The van der Waals surface area contributed by atoms with Gasteiger partial charge in [0.25, 0.3) is 11.8 Å². The number of hydrogen-bond donors (Lipinski definition) is 2. The molecule has 0 bridgehead atoms. The smallest absolute Gasteiger partial charge is 0.339 e. The van der Waals surface area contributed by atoms with E-state index in [0.29, 0.717) is 6.54 Å². The number of carbonyl (C=O) groups excluding carboxylic acids is 4. The molecule has 2 rings (SSSR count). The first-order chi connectivity index (χ1) is 13.8. The number of imide groups is 1. The topological polar surface area (TPSA) is 105 Å². The number of hydrogen-bond acceptors (Lipinski definition) is 5. The van der Waals surface area contributed by atoms with Gasteiger partial charge in [-0.05, 0) is 24.6 Å². The van der Waals surface area contributed by atoms with Gasteiger partial charge in [-0.25, -0.2) is 9.59 Å². The Bertz CT molecular complexity index is 898. The van der Waals surface area contributed by atoms with Gasteiger partial charge in [-0.3, -0.25) is 14.9 Å². The number of benzene rings is 2. The molecule has 0 aliphatic carbocycles. The molecule has 2 N–H and O–H groups in total. The maximum atomic E-state index is 12.9. The third-order valence-corrected chi connectivity index (χ3v) is 4.10. The van der Waals surface area contributed by atoms with Crippen molar-refractivity contribution in [3.05, 3.63) is 71.3 Å². The molecule has 152 valence electrons. The lowest BCUT2D eigenvalue weighted by Crippen LogP contribution is -2.43. The fraction of sp³-hybridized carbons (Fsp3) is 0.238. The van der Waals surface area contributed by atoms with Crippen molar-refractivity contribution < 1.29 is 23.9 Å². The summed E-state index contributed by atoms with van der Waals surface area (Å²) < 4.78 is 5.13. The van der Waals surface area contributed by atoms with Gasteiger partial charge in [0.05, 0.1) is 11.1 Å². The van der Waals surface area contributed by atoms with Crippen LogP contribution in [0.4, 0.5) is 4.79 Å². The Morgan fingerprint density at radius 1 is 0.966 bits per heavy atom. The van der Waals surface area contributed by atoms with Crippen LogP contribution in [0.5, 0.6) is 0 Å². The molecule has 29 heavy (non-hydrogen) atoms. The van der Waals surface area contributed by atoms with Crippen LogP contribution in [0.2, 0.25) is 0 Å². The van der Waals surface area contributed by atoms with E-state index in [2.05, 4.69) is 5.32 Å². The summed E-state index contributed by atoms with van der Waals surface area (Å²) >= 11 is 0. The number of nitrogens with one attached hydrogen (secondary N) is 2. The Labute approximate surface area is 168 Å². The maximum Gasteiger partial charge on any atom is 0.339 e. The van der Waals surface area contributed by atoms with Crippen LogP contribution >= 0.6 is 0 Å². The molecular weight excluding hydrogens is 374 g/mol. The normalized spacial score (nSPS) is 11.1. The summed E-state index contributed by atoms with van der Waals surface area (Å²) in [6.07, 6.45) is -1.22. The molecule has 8 heteroatoms. The van der Waals surface area contributed by atoms with Crippen molar-refractivity contribution in [3.63, 3.8) is 0 Å². The van der Waals surface area contributed by atoms with E-state index in [-0.39, 0.29) is 17.0 Å². The predicted molar refractivity (Wildman–Crippen MR) is 106 cm³/mol. The van der Waals surface area contributed by atoms with E-state index in [4.69, 9.17) is 4.74 Å². The van der Waals surface area contributed by atoms with Crippen LogP contribution in [0.3, 0.4) is 0 Å². The maximum absolute atomic E-state index is 12.9.